The highest BCUT2D eigenvalue weighted by Crippen LogP contribution is 2.22. The van der Waals surface area contributed by atoms with E-state index in [2.05, 4.69) is 23.0 Å². The van der Waals surface area contributed by atoms with Crippen LogP contribution in [0.2, 0.25) is 0 Å². The third kappa shape index (κ3) is 4.92. The number of aromatic nitrogens is 2. The van der Waals surface area contributed by atoms with Crippen LogP contribution in [-0.2, 0) is 6.42 Å². The first-order valence-electron chi connectivity index (χ1n) is 7.65. The summed E-state index contributed by atoms with van der Waals surface area (Å²) in [5.74, 6) is 0.517. The summed E-state index contributed by atoms with van der Waals surface area (Å²) >= 11 is 0. The molecule has 2 aromatic carbocycles. The monoisotopic (exact) mass is 316 g/mol. The van der Waals surface area contributed by atoms with Crippen LogP contribution in [0.5, 0.6) is 0 Å². The Morgan fingerprint density at radius 3 is 2.08 bits per heavy atom. The Hall–Kier alpha value is -3.19. The van der Waals surface area contributed by atoms with Crippen LogP contribution in [0, 0.1) is 25.2 Å². The molecule has 0 amide bonds. The lowest BCUT2D eigenvalue weighted by molar-refractivity contribution is 1.18. The third-order valence-electron chi connectivity index (χ3n) is 3.51. The van der Waals surface area contributed by atoms with Gasteiger partial charge in [-0.15, -0.1) is 0 Å². The topological polar surface area (TPSA) is 75.6 Å². The lowest BCUT2D eigenvalue weighted by Crippen LogP contribution is -1.94. The molecule has 0 aliphatic carbocycles. The SMILES string of the molecule is Cc1ccc(-c2cncnc2N)cc1.Cc1ccc(CC#N)cc1. The quantitative estimate of drug-likeness (QED) is 0.772. The molecule has 4 heteroatoms. The van der Waals surface area contributed by atoms with Crippen molar-refractivity contribution in [1.29, 1.82) is 5.26 Å². The van der Waals surface area contributed by atoms with Crippen LogP contribution in [0.4, 0.5) is 5.82 Å². The molecule has 2 N–H and O–H groups in total. The summed E-state index contributed by atoms with van der Waals surface area (Å²) in [6, 6.07) is 18.2. The fourth-order valence-electron chi connectivity index (χ4n) is 2.09. The maximum atomic E-state index is 8.34. The van der Waals surface area contributed by atoms with Gasteiger partial charge in [0.15, 0.2) is 0 Å². The van der Waals surface area contributed by atoms with E-state index in [1.165, 1.54) is 17.5 Å². The van der Waals surface area contributed by atoms with Crippen LogP contribution in [0.25, 0.3) is 11.1 Å². The average Bonchev–Trinajstić information content (AvgIpc) is 2.59. The first-order chi connectivity index (χ1) is 11.6. The summed E-state index contributed by atoms with van der Waals surface area (Å²) < 4.78 is 0. The molecule has 0 spiro atoms. The van der Waals surface area contributed by atoms with Crippen molar-refractivity contribution < 1.29 is 0 Å². The van der Waals surface area contributed by atoms with E-state index in [4.69, 9.17) is 11.0 Å². The van der Waals surface area contributed by atoms with E-state index in [9.17, 15) is 0 Å². The van der Waals surface area contributed by atoms with Gasteiger partial charge in [0.05, 0.1) is 12.5 Å². The smallest absolute Gasteiger partial charge is 0.134 e. The Bertz CT molecular complexity index is 816. The highest BCUT2D eigenvalue weighted by molar-refractivity contribution is 5.72. The second-order valence-electron chi connectivity index (χ2n) is 5.51. The van der Waals surface area contributed by atoms with Gasteiger partial charge < -0.3 is 5.73 Å². The Labute approximate surface area is 142 Å². The van der Waals surface area contributed by atoms with E-state index in [0.717, 1.165) is 16.7 Å². The van der Waals surface area contributed by atoms with Gasteiger partial charge in [-0.05, 0) is 25.0 Å². The normalized spacial score (nSPS) is 9.54. The molecule has 0 aliphatic heterocycles. The number of nitrogens with zero attached hydrogens (tertiary/aromatic N) is 3. The maximum Gasteiger partial charge on any atom is 0.134 e. The number of benzene rings is 2. The predicted octanol–water partition coefficient (Wildman–Crippen LogP) is 4.10. The van der Waals surface area contributed by atoms with Crippen molar-refractivity contribution in [1.82, 2.24) is 9.97 Å². The van der Waals surface area contributed by atoms with Crippen molar-refractivity contribution in [3.63, 3.8) is 0 Å². The predicted molar refractivity (Wildman–Crippen MR) is 97.1 cm³/mol. The van der Waals surface area contributed by atoms with E-state index in [1.807, 2.05) is 55.5 Å². The second-order valence-corrected chi connectivity index (χ2v) is 5.51. The molecule has 120 valence electrons. The minimum absolute atomic E-state index is 0.514. The number of aryl methyl sites for hydroxylation is 2. The first kappa shape index (κ1) is 17.2. The number of nitrogens with two attached hydrogens (primary N) is 1. The summed E-state index contributed by atoms with van der Waals surface area (Å²) in [6.45, 7) is 4.09. The molecular formula is C20H20N4. The van der Waals surface area contributed by atoms with Gasteiger partial charge in [0, 0.05) is 11.8 Å². The zero-order valence-electron chi connectivity index (χ0n) is 13.9. The maximum absolute atomic E-state index is 8.34. The van der Waals surface area contributed by atoms with Gasteiger partial charge in [-0.2, -0.15) is 5.26 Å². The fourth-order valence-corrected chi connectivity index (χ4v) is 2.09. The van der Waals surface area contributed by atoms with Crippen LogP contribution in [0.15, 0.2) is 61.1 Å². The molecule has 0 fully saturated rings. The molecule has 1 heterocycles. The van der Waals surface area contributed by atoms with Gasteiger partial charge in [0.2, 0.25) is 0 Å². The highest BCUT2D eigenvalue weighted by atomic mass is 14.9. The molecule has 0 bridgehead atoms. The molecule has 0 radical (unpaired) electrons. The van der Waals surface area contributed by atoms with Gasteiger partial charge in [-0.1, -0.05) is 59.7 Å². The van der Waals surface area contributed by atoms with Gasteiger partial charge >= 0.3 is 0 Å². The zero-order valence-corrected chi connectivity index (χ0v) is 13.9. The van der Waals surface area contributed by atoms with E-state index >= 15 is 0 Å². The van der Waals surface area contributed by atoms with Crippen LogP contribution in [-0.4, -0.2) is 9.97 Å². The summed E-state index contributed by atoms with van der Waals surface area (Å²) in [6.07, 6.45) is 3.69. The summed E-state index contributed by atoms with van der Waals surface area (Å²) in [4.78, 5) is 7.90. The van der Waals surface area contributed by atoms with Crippen LogP contribution >= 0.6 is 0 Å². The van der Waals surface area contributed by atoms with Gasteiger partial charge in [0.1, 0.15) is 12.1 Å². The zero-order chi connectivity index (χ0) is 17.4. The molecule has 3 aromatic rings. The van der Waals surface area contributed by atoms with Crippen LogP contribution < -0.4 is 5.73 Å². The third-order valence-corrected chi connectivity index (χ3v) is 3.51. The van der Waals surface area contributed by atoms with Crippen molar-refractivity contribution in [3.8, 4) is 17.2 Å². The molecule has 0 unspecified atom stereocenters. The summed E-state index contributed by atoms with van der Waals surface area (Å²) in [5.41, 5.74) is 11.2. The molecule has 24 heavy (non-hydrogen) atoms. The molecule has 3 rings (SSSR count). The van der Waals surface area contributed by atoms with Crippen LogP contribution in [0.3, 0.4) is 0 Å². The van der Waals surface area contributed by atoms with E-state index in [1.54, 1.807) is 6.20 Å². The molecule has 1 aromatic heterocycles. The Morgan fingerprint density at radius 1 is 0.958 bits per heavy atom. The number of rotatable bonds is 2. The number of nitriles is 1. The number of hydrogen-bond acceptors (Lipinski definition) is 4. The van der Waals surface area contributed by atoms with Crippen molar-refractivity contribution in [3.05, 3.63) is 77.7 Å². The molecule has 0 saturated carbocycles. The Balaban J connectivity index is 0.000000185. The van der Waals surface area contributed by atoms with Crippen molar-refractivity contribution >= 4 is 5.82 Å². The summed E-state index contributed by atoms with van der Waals surface area (Å²) in [5, 5.41) is 8.34. The Kier molecular flexibility index (Phi) is 6.04. The largest absolute Gasteiger partial charge is 0.383 e. The standard InChI is InChI=1S/C11H11N3.C9H9N/c1-8-2-4-9(5-3-8)10-6-13-7-14-11(10)12;1-8-2-4-9(5-3-8)6-7-10/h2-7H,1H3,(H2,12,13,14);2-5H,6H2,1H3. The number of hydrogen-bond donors (Lipinski definition) is 1. The lowest BCUT2D eigenvalue weighted by Gasteiger charge is -2.03. The molecular weight excluding hydrogens is 296 g/mol. The fraction of sp³-hybridized carbons (Fsp3) is 0.150. The van der Waals surface area contributed by atoms with Crippen LogP contribution in [0.1, 0.15) is 16.7 Å². The second kappa shape index (κ2) is 8.44. The summed E-state index contributed by atoms with van der Waals surface area (Å²) in [7, 11) is 0. The molecule has 0 saturated heterocycles. The van der Waals surface area contributed by atoms with Gasteiger partial charge in [-0.3, -0.25) is 0 Å². The van der Waals surface area contributed by atoms with E-state index in [0.29, 0.717) is 12.2 Å². The molecule has 0 aliphatic rings. The number of nitrogen functional groups attached to an aromatic ring is 1. The minimum atomic E-state index is 0.514. The van der Waals surface area contributed by atoms with Crippen molar-refractivity contribution in [2.75, 3.05) is 5.73 Å². The molecule has 4 nitrogen and oxygen atoms in total. The van der Waals surface area contributed by atoms with Crippen molar-refractivity contribution in [2.45, 2.75) is 20.3 Å². The minimum Gasteiger partial charge on any atom is -0.383 e. The first-order valence-corrected chi connectivity index (χ1v) is 7.65. The van der Waals surface area contributed by atoms with Gasteiger partial charge in [0.25, 0.3) is 0 Å². The number of anilines is 1. The van der Waals surface area contributed by atoms with Crippen molar-refractivity contribution in [2.24, 2.45) is 0 Å². The highest BCUT2D eigenvalue weighted by Gasteiger charge is 2.02. The lowest BCUT2D eigenvalue weighted by atomic mass is 10.1. The van der Waals surface area contributed by atoms with Gasteiger partial charge in [-0.25, -0.2) is 9.97 Å². The average molecular weight is 316 g/mol. The van der Waals surface area contributed by atoms with E-state index < -0.39 is 0 Å². The van der Waals surface area contributed by atoms with E-state index in [-0.39, 0.29) is 0 Å². The Morgan fingerprint density at radius 2 is 1.54 bits per heavy atom. The molecule has 0 atom stereocenters.